The molecule has 2 amide bonds. The van der Waals surface area contributed by atoms with Crippen LogP contribution in [-0.4, -0.2) is 21.8 Å². The molecule has 0 atom stereocenters. The van der Waals surface area contributed by atoms with Crippen LogP contribution in [-0.2, 0) is 11.3 Å². The number of rotatable bonds is 9. The van der Waals surface area contributed by atoms with E-state index < -0.39 is 0 Å². The molecule has 9 heteroatoms. The van der Waals surface area contributed by atoms with Gasteiger partial charge in [0.1, 0.15) is 5.82 Å². The first-order chi connectivity index (χ1) is 18.9. The Kier molecular flexibility index (Phi) is 10.3. The van der Waals surface area contributed by atoms with Crippen molar-refractivity contribution in [2.45, 2.75) is 27.3 Å². The van der Waals surface area contributed by atoms with Crippen molar-refractivity contribution < 1.29 is 14.0 Å². The summed E-state index contributed by atoms with van der Waals surface area (Å²) >= 11 is 0. The zero-order valence-corrected chi connectivity index (χ0v) is 22.1. The van der Waals surface area contributed by atoms with Gasteiger partial charge in [0.25, 0.3) is 5.91 Å². The van der Waals surface area contributed by atoms with E-state index in [-0.39, 0.29) is 17.6 Å². The predicted octanol–water partition coefficient (Wildman–Crippen LogP) is 6.68. The number of nitrogens with one attached hydrogen (secondary N) is 4. The third kappa shape index (κ3) is 8.50. The maximum atomic E-state index is 13.4. The summed E-state index contributed by atoms with van der Waals surface area (Å²) in [4.78, 5) is 32.9. The first-order valence-corrected chi connectivity index (χ1v) is 12.4. The fraction of sp³-hybridized carbons (Fsp3) is 0.133. The molecule has 1 aromatic heterocycles. The van der Waals surface area contributed by atoms with Crippen LogP contribution in [0.25, 0.3) is 0 Å². The number of aryl methyl sites for hydroxylation is 1. The molecular formula is C30H31FN6O2. The summed E-state index contributed by atoms with van der Waals surface area (Å²) in [6.45, 7) is 9.71. The van der Waals surface area contributed by atoms with Crippen LogP contribution in [0.15, 0.2) is 91.8 Å². The van der Waals surface area contributed by atoms with Crippen molar-refractivity contribution >= 4 is 40.5 Å². The summed E-state index contributed by atoms with van der Waals surface area (Å²) in [5, 5.41) is 11.8. The van der Waals surface area contributed by atoms with Crippen LogP contribution in [0, 0.1) is 12.7 Å². The maximum absolute atomic E-state index is 13.4. The van der Waals surface area contributed by atoms with Crippen molar-refractivity contribution in [3.63, 3.8) is 0 Å². The molecule has 39 heavy (non-hydrogen) atoms. The zero-order valence-electron chi connectivity index (χ0n) is 22.1. The van der Waals surface area contributed by atoms with Crippen molar-refractivity contribution in [2.75, 3.05) is 21.3 Å². The summed E-state index contributed by atoms with van der Waals surface area (Å²) in [6.07, 6.45) is 4.19. The van der Waals surface area contributed by atoms with Crippen LogP contribution in [0.1, 0.15) is 35.3 Å². The number of nitrogens with zero attached hydrogens (tertiary/aromatic N) is 2. The van der Waals surface area contributed by atoms with Crippen LogP contribution >= 0.6 is 0 Å². The van der Waals surface area contributed by atoms with Crippen molar-refractivity contribution in [2.24, 2.45) is 0 Å². The number of hydrogen-bond donors (Lipinski definition) is 4. The molecule has 0 saturated heterocycles. The van der Waals surface area contributed by atoms with Gasteiger partial charge in [0.2, 0.25) is 11.9 Å². The molecule has 0 aliphatic carbocycles. The lowest BCUT2D eigenvalue weighted by molar-refractivity contribution is -0.111. The molecule has 0 bridgehead atoms. The Morgan fingerprint density at radius 3 is 2.31 bits per heavy atom. The van der Waals surface area contributed by atoms with Crippen molar-refractivity contribution in [3.8, 4) is 0 Å². The van der Waals surface area contributed by atoms with Crippen LogP contribution < -0.4 is 21.3 Å². The molecule has 0 saturated carbocycles. The van der Waals surface area contributed by atoms with E-state index in [0.717, 1.165) is 16.8 Å². The predicted molar refractivity (Wildman–Crippen MR) is 155 cm³/mol. The third-order valence-corrected chi connectivity index (χ3v) is 5.35. The van der Waals surface area contributed by atoms with Crippen molar-refractivity contribution in [1.29, 1.82) is 0 Å². The number of benzene rings is 3. The molecule has 0 fully saturated rings. The Bertz CT molecular complexity index is 1440. The lowest BCUT2D eigenvalue weighted by atomic mass is 10.1. The van der Waals surface area contributed by atoms with E-state index in [1.807, 2.05) is 39.0 Å². The number of halogens is 1. The summed E-state index contributed by atoms with van der Waals surface area (Å²) in [5.74, 6) is -0.583. The molecule has 4 rings (SSSR count). The summed E-state index contributed by atoms with van der Waals surface area (Å²) < 4.78 is 13.4. The lowest BCUT2D eigenvalue weighted by Crippen LogP contribution is -2.14. The van der Waals surface area contributed by atoms with Gasteiger partial charge in [-0.05, 0) is 66.6 Å². The minimum atomic E-state index is -0.309. The monoisotopic (exact) mass is 526 g/mol. The Morgan fingerprint density at radius 1 is 0.872 bits per heavy atom. The Hall–Kier alpha value is -5.05. The van der Waals surface area contributed by atoms with Crippen LogP contribution in [0.4, 0.5) is 33.1 Å². The number of aromatic nitrogens is 2. The van der Waals surface area contributed by atoms with Gasteiger partial charge in [-0.3, -0.25) is 9.59 Å². The van der Waals surface area contributed by atoms with Gasteiger partial charge in [-0.2, -0.15) is 0 Å². The van der Waals surface area contributed by atoms with Gasteiger partial charge in [-0.25, -0.2) is 14.4 Å². The number of anilines is 5. The summed E-state index contributed by atoms with van der Waals surface area (Å²) in [6, 6.07) is 18.9. The van der Waals surface area contributed by atoms with E-state index in [1.54, 1.807) is 36.4 Å². The maximum Gasteiger partial charge on any atom is 0.256 e. The highest BCUT2D eigenvalue weighted by Gasteiger charge is 2.12. The van der Waals surface area contributed by atoms with E-state index in [0.29, 0.717) is 35.1 Å². The smallest absolute Gasteiger partial charge is 0.256 e. The van der Waals surface area contributed by atoms with Crippen LogP contribution in [0.3, 0.4) is 0 Å². The molecule has 4 N–H and O–H groups in total. The third-order valence-electron chi connectivity index (χ3n) is 5.35. The van der Waals surface area contributed by atoms with Gasteiger partial charge >= 0.3 is 0 Å². The molecule has 0 aliphatic rings. The Balaban J connectivity index is 0.00000205. The lowest BCUT2D eigenvalue weighted by Gasteiger charge is -2.12. The van der Waals surface area contributed by atoms with Gasteiger partial charge in [0.05, 0.1) is 18.1 Å². The molecule has 8 nitrogen and oxygen atoms in total. The van der Waals surface area contributed by atoms with Crippen LogP contribution in [0.2, 0.25) is 0 Å². The highest BCUT2D eigenvalue weighted by molar-refractivity contribution is 6.05. The van der Waals surface area contributed by atoms with E-state index in [9.17, 15) is 14.0 Å². The van der Waals surface area contributed by atoms with E-state index >= 15 is 0 Å². The molecule has 0 aliphatic heterocycles. The number of amides is 2. The van der Waals surface area contributed by atoms with Crippen molar-refractivity contribution in [1.82, 2.24) is 9.97 Å². The second kappa shape index (κ2) is 14.0. The first kappa shape index (κ1) is 28.5. The average Bonchev–Trinajstić information content (AvgIpc) is 2.95. The van der Waals surface area contributed by atoms with E-state index in [1.165, 1.54) is 30.6 Å². The molecular weight excluding hydrogens is 495 g/mol. The van der Waals surface area contributed by atoms with E-state index in [2.05, 4.69) is 37.8 Å². The average molecular weight is 527 g/mol. The number of carbonyl (C=O) groups is 2. The van der Waals surface area contributed by atoms with Crippen molar-refractivity contribution in [3.05, 3.63) is 114 Å². The van der Waals surface area contributed by atoms with E-state index in [4.69, 9.17) is 0 Å². The molecule has 200 valence electrons. The second-order valence-electron chi connectivity index (χ2n) is 8.16. The molecule has 0 unspecified atom stereocenters. The molecule has 4 aromatic rings. The van der Waals surface area contributed by atoms with Gasteiger partial charge in [-0.15, -0.1) is 0 Å². The molecule has 0 spiro atoms. The standard InChI is InChI=1S/C28H25FN6O2.C2H6/c1-3-26(36)33-22-8-5-9-23(13-22)35-28-31-16-24(17-32-28)34-27(37)25-14-21(11-10-18(25)2)30-15-19-6-4-7-20(29)12-19;1-2/h3-14,16-17,30H,1,15H2,2H3,(H,33,36)(H,34,37)(H,31,32,35);1-2H3. The first-order valence-electron chi connectivity index (χ1n) is 12.4. The zero-order chi connectivity index (χ0) is 28.2. The summed E-state index contributed by atoms with van der Waals surface area (Å²) in [7, 11) is 0. The Labute approximate surface area is 227 Å². The largest absolute Gasteiger partial charge is 0.381 e. The molecule has 0 radical (unpaired) electrons. The highest BCUT2D eigenvalue weighted by Crippen LogP contribution is 2.20. The van der Waals surface area contributed by atoms with Gasteiger partial charge < -0.3 is 21.3 Å². The minimum absolute atomic E-state index is 0.294. The number of carbonyl (C=O) groups excluding carboxylic acids is 2. The quantitative estimate of drug-likeness (QED) is 0.181. The molecule has 3 aromatic carbocycles. The Morgan fingerprint density at radius 2 is 1.59 bits per heavy atom. The molecule has 1 heterocycles. The fourth-order valence-electron chi connectivity index (χ4n) is 3.48. The van der Waals surface area contributed by atoms with Gasteiger partial charge in [0.15, 0.2) is 0 Å². The van der Waals surface area contributed by atoms with Gasteiger partial charge in [0, 0.05) is 29.2 Å². The van der Waals surface area contributed by atoms with Gasteiger partial charge in [-0.1, -0.05) is 44.7 Å². The number of hydrogen-bond acceptors (Lipinski definition) is 6. The summed E-state index contributed by atoms with van der Waals surface area (Å²) in [5.41, 5.74) is 4.54. The normalized spacial score (nSPS) is 9.95. The minimum Gasteiger partial charge on any atom is -0.381 e. The SMILES string of the molecule is C=CC(=O)Nc1cccc(Nc2ncc(NC(=O)c3cc(NCc4cccc(F)c4)ccc3C)cn2)c1.CC. The second-order valence-corrected chi connectivity index (χ2v) is 8.16. The topological polar surface area (TPSA) is 108 Å². The fourth-order valence-corrected chi connectivity index (χ4v) is 3.48. The van der Waals surface area contributed by atoms with Crippen LogP contribution in [0.5, 0.6) is 0 Å². The highest BCUT2D eigenvalue weighted by atomic mass is 19.1.